The van der Waals surface area contributed by atoms with Crippen LogP contribution >= 0.6 is 0 Å². The number of esters is 1. The molecule has 1 N–H and O–H groups in total. The molecule has 0 radical (unpaired) electrons. The van der Waals surface area contributed by atoms with E-state index in [0.717, 1.165) is 0 Å². The van der Waals surface area contributed by atoms with Crippen molar-refractivity contribution < 1.29 is 14.3 Å². The highest BCUT2D eigenvalue weighted by molar-refractivity contribution is 5.97. The van der Waals surface area contributed by atoms with Crippen molar-refractivity contribution in [1.82, 2.24) is 10.3 Å². The van der Waals surface area contributed by atoms with Gasteiger partial charge in [0, 0.05) is 11.9 Å². The zero-order valence-electron chi connectivity index (χ0n) is 13.6. The minimum absolute atomic E-state index is 0.0687. The van der Waals surface area contributed by atoms with Gasteiger partial charge >= 0.3 is 5.97 Å². The van der Waals surface area contributed by atoms with Gasteiger partial charge in [-0.1, -0.05) is 13.8 Å². The minimum Gasteiger partial charge on any atom is -0.458 e. The van der Waals surface area contributed by atoms with E-state index in [4.69, 9.17) is 4.74 Å². The number of pyridine rings is 1. The molecular weight excluding hydrogens is 268 g/mol. The van der Waals surface area contributed by atoms with E-state index in [1.54, 1.807) is 46.0 Å². The van der Waals surface area contributed by atoms with Crippen LogP contribution in [0.2, 0.25) is 0 Å². The number of ether oxygens (including phenoxy) is 1. The molecule has 0 fully saturated rings. The SMILES string of the molecule is Cc1ncccc1C(=O)N[C@@H](C(=O)OC(C)(C)C)C(C)C. The normalized spacial score (nSPS) is 12.9. The molecule has 0 saturated heterocycles. The number of aromatic nitrogens is 1. The van der Waals surface area contributed by atoms with Crippen LogP contribution in [0.5, 0.6) is 0 Å². The molecule has 5 nitrogen and oxygen atoms in total. The number of nitrogens with zero attached hydrogens (tertiary/aromatic N) is 1. The first-order chi connectivity index (χ1) is 9.61. The van der Waals surface area contributed by atoms with Crippen molar-refractivity contribution in [3.05, 3.63) is 29.6 Å². The Morgan fingerprint density at radius 3 is 2.38 bits per heavy atom. The lowest BCUT2D eigenvalue weighted by Gasteiger charge is -2.26. The molecule has 0 aliphatic heterocycles. The molecule has 1 rings (SSSR count). The third-order valence-corrected chi connectivity index (χ3v) is 2.87. The van der Waals surface area contributed by atoms with E-state index in [1.807, 2.05) is 13.8 Å². The molecule has 1 aromatic rings. The predicted molar refractivity (Wildman–Crippen MR) is 80.9 cm³/mol. The first kappa shape index (κ1) is 17.1. The van der Waals surface area contributed by atoms with Gasteiger partial charge in [0.25, 0.3) is 5.91 Å². The first-order valence-electron chi connectivity index (χ1n) is 7.07. The van der Waals surface area contributed by atoms with Crippen molar-refractivity contribution in [3.63, 3.8) is 0 Å². The van der Waals surface area contributed by atoms with Crippen molar-refractivity contribution in [1.29, 1.82) is 0 Å². The summed E-state index contributed by atoms with van der Waals surface area (Å²) in [4.78, 5) is 28.6. The Hall–Kier alpha value is -1.91. The zero-order valence-corrected chi connectivity index (χ0v) is 13.6. The number of aryl methyl sites for hydroxylation is 1. The zero-order chi connectivity index (χ0) is 16.2. The fourth-order valence-electron chi connectivity index (χ4n) is 1.81. The van der Waals surface area contributed by atoms with Crippen LogP contribution in [0.25, 0.3) is 0 Å². The molecule has 1 aromatic heterocycles. The van der Waals surface area contributed by atoms with Crippen LogP contribution in [0, 0.1) is 12.8 Å². The Balaban J connectivity index is 2.87. The van der Waals surface area contributed by atoms with Crippen molar-refractivity contribution in [3.8, 4) is 0 Å². The average molecular weight is 292 g/mol. The standard InChI is InChI=1S/C16H24N2O3/c1-10(2)13(15(20)21-16(4,5)6)18-14(19)12-8-7-9-17-11(12)3/h7-10,13H,1-6H3,(H,18,19)/t13-/m1/s1. The van der Waals surface area contributed by atoms with Gasteiger partial charge < -0.3 is 10.1 Å². The molecule has 1 heterocycles. The highest BCUT2D eigenvalue weighted by Crippen LogP contribution is 2.13. The Labute approximate surface area is 126 Å². The highest BCUT2D eigenvalue weighted by atomic mass is 16.6. The summed E-state index contributed by atoms with van der Waals surface area (Å²) in [5.74, 6) is -0.807. The van der Waals surface area contributed by atoms with Crippen molar-refractivity contribution in [2.45, 2.75) is 53.2 Å². The molecule has 21 heavy (non-hydrogen) atoms. The number of hydrogen-bond acceptors (Lipinski definition) is 4. The molecule has 0 saturated carbocycles. The minimum atomic E-state index is -0.684. The van der Waals surface area contributed by atoms with E-state index < -0.39 is 17.6 Å². The number of rotatable bonds is 4. The smallest absolute Gasteiger partial charge is 0.329 e. The predicted octanol–water partition coefficient (Wildman–Crippen LogP) is 2.49. The second kappa shape index (κ2) is 6.70. The molecule has 116 valence electrons. The van der Waals surface area contributed by atoms with Gasteiger partial charge in [-0.15, -0.1) is 0 Å². The molecule has 5 heteroatoms. The van der Waals surface area contributed by atoms with E-state index in [2.05, 4.69) is 10.3 Å². The average Bonchev–Trinajstić information content (AvgIpc) is 2.33. The molecule has 0 aliphatic carbocycles. The van der Waals surface area contributed by atoms with E-state index in [-0.39, 0.29) is 11.8 Å². The Morgan fingerprint density at radius 1 is 1.29 bits per heavy atom. The van der Waals surface area contributed by atoms with Gasteiger partial charge in [-0.2, -0.15) is 0 Å². The molecule has 0 aliphatic rings. The van der Waals surface area contributed by atoms with Gasteiger partial charge in [0.15, 0.2) is 0 Å². The van der Waals surface area contributed by atoms with E-state index in [9.17, 15) is 9.59 Å². The fraction of sp³-hybridized carbons (Fsp3) is 0.562. The van der Waals surface area contributed by atoms with E-state index >= 15 is 0 Å². The topological polar surface area (TPSA) is 68.3 Å². The quantitative estimate of drug-likeness (QED) is 0.866. The number of carbonyl (C=O) groups is 2. The van der Waals surface area contributed by atoms with Crippen LogP contribution in [0.4, 0.5) is 0 Å². The van der Waals surface area contributed by atoms with Gasteiger partial charge in [-0.3, -0.25) is 9.78 Å². The second-order valence-corrected chi connectivity index (χ2v) is 6.36. The number of carbonyl (C=O) groups excluding carboxylic acids is 2. The maximum Gasteiger partial charge on any atom is 0.329 e. The largest absolute Gasteiger partial charge is 0.458 e. The summed E-state index contributed by atoms with van der Waals surface area (Å²) in [5, 5.41) is 2.74. The molecule has 0 spiro atoms. The molecule has 1 atom stereocenters. The Morgan fingerprint density at radius 2 is 1.90 bits per heavy atom. The summed E-state index contributed by atoms with van der Waals surface area (Å²) in [6.07, 6.45) is 1.62. The first-order valence-corrected chi connectivity index (χ1v) is 7.07. The molecule has 0 bridgehead atoms. The lowest BCUT2D eigenvalue weighted by atomic mass is 10.0. The monoisotopic (exact) mass is 292 g/mol. The highest BCUT2D eigenvalue weighted by Gasteiger charge is 2.29. The number of amides is 1. The Bertz CT molecular complexity index is 518. The van der Waals surface area contributed by atoms with E-state index in [1.165, 1.54) is 0 Å². The van der Waals surface area contributed by atoms with Crippen LogP contribution < -0.4 is 5.32 Å². The summed E-state index contributed by atoms with van der Waals surface area (Å²) in [5.41, 5.74) is 0.507. The second-order valence-electron chi connectivity index (χ2n) is 6.36. The molecule has 0 aromatic carbocycles. The fourth-order valence-corrected chi connectivity index (χ4v) is 1.81. The van der Waals surface area contributed by atoms with Crippen molar-refractivity contribution in [2.24, 2.45) is 5.92 Å². The maximum absolute atomic E-state index is 12.3. The van der Waals surface area contributed by atoms with Gasteiger partial charge in [-0.05, 0) is 45.7 Å². The van der Waals surface area contributed by atoms with Crippen LogP contribution in [0.3, 0.4) is 0 Å². The van der Waals surface area contributed by atoms with E-state index in [0.29, 0.717) is 11.3 Å². The van der Waals surface area contributed by atoms with Crippen LogP contribution in [-0.4, -0.2) is 28.5 Å². The molecular formula is C16H24N2O3. The summed E-state index contributed by atoms with van der Waals surface area (Å²) in [6, 6.07) is 2.69. The molecule has 1 amide bonds. The van der Waals surface area contributed by atoms with Crippen molar-refractivity contribution >= 4 is 11.9 Å². The summed E-state index contributed by atoms with van der Waals surface area (Å²) in [7, 11) is 0. The van der Waals surface area contributed by atoms with Gasteiger partial charge in [0.1, 0.15) is 11.6 Å². The third-order valence-electron chi connectivity index (χ3n) is 2.87. The third kappa shape index (κ3) is 5.17. The van der Waals surface area contributed by atoms with Crippen LogP contribution in [-0.2, 0) is 9.53 Å². The molecule has 0 unspecified atom stereocenters. The summed E-state index contributed by atoms with van der Waals surface area (Å²) < 4.78 is 5.36. The lowest BCUT2D eigenvalue weighted by Crippen LogP contribution is -2.47. The van der Waals surface area contributed by atoms with Gasteiger partial charge in [-0.25, -0.2) is 4.79 Å². The maximum atomic E-state index is 12.3. The number of nitrogens with one attached hydrogen (secondary N) is 1. The van der Waals surface area contributed by atoms with Gasteiger partial charge in [0.05, 0.1) is 5.56 Å². The van der Waals surface area contributed by atoms with Gasteiger partial charge in [0.2, 0.25) is 0 Å². The summed E-state index contributed by atoms with van der Waals surface area (Å²) in [6.45, 7) is 10.9. The summed E-state index contributed by atoms with van der Waals surface area (Å²) >= 11 is 0. The Kier molecular flexibility index (Phi) is 5.47. The van der Waals surface area contributed by atoms with Crippen LogP contribution in [0.1, 0.15) is 50.7 Å². The van der Waals surface area contributed by atoms with Crippen molar-refractivity contribution in [2.75, 3.05) is 0 Å². The van der Waals surface area contributed by atoms with Crippen LogP contribution in [0.15, 0.2) is 18.3 Å². The number of hydrogen-bond donors (Lipinski definition) is 1. The lowest BCUT2D eigenvalue weighted by molar-refractivity contribution is -0.158.